The Morgan fingerprint density at radius 2 is 2.47 bits per heavy atom. The second-order valence-corrected chi connectivity index (χ2v) is 4.29. The van der Waals surface area contributed by atoms with Gasteiger partial charge in [0, 0.05) is 19.7 Å². The van der Waals surface area contributed by atoms with E-state index in [1.165, 1.54) is 0 Å². The van der Waals surface area contributed by atoms with E-state index >= 15 is 0 Å². The van der Waals surface area contributed by atoms with E-state index in [0.717, 1.165) is 38.6 Å². The average molecular weight is 240 g/mol. The Hall–Kier alpha value is -1.56. The molecular weight excluding hydrogens is 224 g/mol. The van der Waals surface area contributed by atoms with Crippen LogP contribution in [0.25, 0.3) is 0 Å². The number of aromatic nitrogens is 1. The van der Waals surface area contributed by atoms with E-state index in [1.807, 2.05) is 4.90 Å². The fourth-order valence-electron chi connectivity index (χ4n) is 2.16. The molecule has 6 nitrogen and oxygen atoms in total. The van der Waals surface area contributed by atoms with Gasteiger partial charge in [-0.1, -0.05) is 0 Å². The van der Waals surface area contributed by atoms with Crippen molar-refractivity contribution in [2.45, 2.75) is 19.3 Å². The number of anilines is 1. The maximum Gasteiger partial charge on any atom is 0.357 e. The molecule has 1 saturated heterocycles. The van der Waals surface area contributed by atoms with Crippen LogP contribution in [0.5, 0.6) is 0 Å². The molecule has 2 rings (SSSR count). The summed E-state index contributed by atoms with van der Waals surface area (Å²) in [4.78, 5) is 16.6. The van der Waals surface area contributed by atoms with Gasteiger partial charge in [0.1, 0.15) is 6.26 Å². The molecule has 1 aromatic heterocycles. The van der Waals surface area contributed by atoms with Gasteiger partial charge in [-0.15, -0.1) is 0 Å². The van der Waals surface area contributed by atoms with Crippen LogP contribution in [-0.4, -0.2) is 40.9 Å². The van der Waals surface area contributed by atoms with Crippen molar-refractivity contribution in [3.05, 3.63) is 12.0 Å². The number of nitrogens with zero attached hydrogens (tertiary/aromatic N) is 2. The third kappa shape index (κ3) is 2.76. The molecule has 1 fully saturated rings. The van der Waals surface area contributed by atoms with Crippen LogP contribution in [0.2, 0.25) is 0 Å². The van der Waals surface area contributed by atoms with Crippen molar-refractivity contribution in [2.75, 3.05) is 24.6 Å². The molecule has 2 heterocycles. The molecule has 1 aliphatic heterocycles. The largest absolute Gasteiger partial charge is 0.476 e. The van der Waals surface area contributed by atoms with Gasteiger partial charge in [-0.05, 0) is 25.2 Å². The summed E-state index contributed by atoms with van der Waals surface area (Å²) >= 11 is 0. The van der Waals surface area contributed by atoms with Gasteiger partial charge in [0.2, 0.25) is 0 Å². The van der Waals surface area contributed by atoms with Crippen LogP contribution >= 0.6 is 0 Å². The van der Waals surface area contributed by atoms with E-state index in [4.69, 9.17) is 14.6 Å². The van der Waals surface area contributed by atoms with E-state index in [1.54, 1.807) is 0 Å². The summed E-state index contributed by atoms with van der Waals surface area (Å²) in [5.74, 6) is -0.655. The Kier molecular flexibility index (Phi) is 3.63. The minimum absolute atomic E-state index is 0.0655. The number of carbonyl (C=O) groups is 1. The number of carboxylic acid groups (broad SMARTS) is 1. The minimum Gasteiger partial charge on any atom is -0.476 e. The van der Waals surface area contributed by atoms with Crippen LogP contribution in [0.4, 0.5) is 6.01 Å². The van der Waals surface area contributed by atoms with Crippen LogP contribution in [-0.2, 0) is 0 Å². The van der Waals surface area contributed by atoms with Gasteiger partial charge in [0.15, 0.2) is 5.69 Å². The molecule has 0 spiro atoms. The van der Waals surface area contributed by atoms with Crippen LogP contribution in [0, 0.1) is 5.92 Å². The number of aliphatic hydroxyl groups is 1. The summed E-state index contributed by atoms with van der Waals surface area (Å²) in [7, 11) is 0. The first-order valence-corrected chi connectivity index (χ1v) is 5.75. The molecule has 0 aromatic carbocycles. The average Bonchev–Trinajstić information content (AvgIpc) is 2.79. The number of oxazole rings is 1. The molecule has 0 bridgehead atoms. The summed E-state index contributed by atoms with van der Waals surface area (Å²) in [6.07, 6.45) is 4.02. The lowest BCUT2D eigenvalue weighted by molar-refractivity contribution is 0.0690. The molecule has 1 aromatic rings. The lowest BCUT2D eigenvalue weighted by Crippen LogP contribution is -2.36. The first kappa shape index (κ1) is 11.9. The zero-order valence-electron chi connectivity index (χ0n) is 9.50. The molecule has 1 aliphatic rings. The first-order valence-electron chi connectivity index (χ1n) is 5.75. The van der Waals surface area contributed by atoms with E-state index in [-0.39, 0.29) is 12.3 Å². The number of aliphatic hydroxyl groups excluding tert-OH is 1. The zero-order valence-corrected chi connectivity index (χ0v) is 9.50. The number of hydrogen-bond acceptors (Lipinski definition) is 5. The summed E-state index contributed by atoms with van der Waals surface area (Å²) in [5, 5.41) is 17.7. The highest BCUT2D eigenvalue weighted by atomic mass is 16.4. The quantitative estimate of drug-likeness (QED) is 0.815. The molecule has 0 radical (unpaired) electrons. The van der Waals surface area contributed by atoms with Crippen LogP contribution in [0.1, 0.15) is 29.8 Å². The van der Waals surface area contributed by atoms with Gasteiger partial charge in [-0.25, -0.2) is 4.79 Å². The Bertz CT molecular complexity index is 389. The third-order valence-electron chi connectivity index (χ3n) is 3.04. The van der Waals surface area contributed by atoms with Gasteiger partial charge >= 0.3 is 5.97 Å². The van der Waals surface area contributed by atoms with Gasteiger partial charge < -0.3 is 19.5 Å². The number of carboxylic acids is 1. The molecule has 0 saturated carbocycles. The van der Waals surface area contributed by atoms with Crippen LogP contribution in [0.3, 0.4) is 0 Å². The zero-order chi connectivity index (χ0) is 12.3. The van der Waals surface area contributed by atoms with Gasteiger partial charge in [-0.2, -0.15) is 4.98 Å². The van der Waals surface area contributed by atoms with E-state index in [2.05, 4.69) is 4.98 Å². The lowest BCUT2D eigenvalue weighted by atomic mass is 9.95. The predicted octanol–water partition coefficient (Wildman–Crippen LogP) is 0.972. The Balaban J connectivity index is 2.02. The van der Waals surface area contributed by atoms with E-state index in [0.29, 0.717) is 11.9 Å². The Labute approximate surface area is 98.9 Å². The first-order chi connectivity index (χ1) is 8.20. The highest BCUT2D eigenvalue weighted by molar-refractivity contribution is 5.85. The van der Waals surface area contributed by atoms with Crippen molar-refractivity contribution >= 4 is 12.0 Å². The van der Waals surface area contributed by atoms with Crippen LogP contribution in [0.15, 0.2) is 10.7 Å². The van der Waals surface area contributed by atoms with Gasteiger partial charge in [-0.3, -0.25) is 0 Å². The molecule has 1 unspecified atom stereocenters. The Morgan fingerprint density at radius 3 is 3.12 bits per heavy atom. The smallest absolute Gasteiger partial charge is 0.357 e. The fourth-order valence-corrected chi connectivity index (χ4v) is 2.16. The summed E-state index contributed by atoms with van der Waals surface area (Å²) < 4.78 is 5.16. The van der Waals surface area contributed by atoms with Crippen molar-refractivity contribution in [3.8, 4) is 0 Å². The lowest BCUT2D eigenvalue weighted by Gasteiger charge is -2.31. The fraction of sp³-hybridized carbons (Fsp3) is 0.636. The molecule has 6 heteroatoms. The maximum atomic E-state index is 10.7. The molecule has 1 atom stereocenters. The summed E-state index contributed by atoms with van der Waals surface area (Å²) in [6, 6.07) is 0.366. The van der Waals surface area contributed by atoms with Crippen molar-refractivity contribution < 1.29 is 19.4 Å². The van der Waals surface area contributed by atoms with Crippen molar-refractivity contribution in [1.82, 2.24) is 4.98 Å². The van der Waals surface area contributed by atoms with Crippen molar-refractivity contribution in [2.24, 2.45) is 5.92 Å². The molecule has 17 heavy (non-hydrogen) atoms. The highest BCUT2D eigenvalue weighted by Gasteiger charge is 2.23. The molecule has 0 amide bonds. The van der Waals surface area contributed by atoms with Crippen molar-refractivity contribution in [1.29, 1.82) is 0 Å². The van der Waals surface area contributed by atoms with E-state index < -0.39 is 5.97 Å². The SMILES string of the molecule is O=C(O)c1coc(N2CCCC(CCO)C2)n1. The normalized spacial score (nSPS) is 20.5. The highest BCUT2D eigenvalue weighted by Crippen LogP contribution is 2.24. The molecule has 94 valence electrons. The topological polar surface area (TPSA) is 86.8 Å². The van der Waals surface area contributed by atoms with Gasteiger partial charge in [0.05, 0.1) is 0 Å². The Morgan fingerprint density at radius 1 is 1.65 bits per heavy atom. The van der Waals surface area contributed by atoms with E-state index in [9.17, 15) is 4.79 Å². The third-order valence-corrected chi connectivity index (χ3v) is 3.04. The summed E-state index contributed by atoms with van der Waals surface area (Å²) in [6.45, 7) is 1.77. The second-order valence-electron chi connectivity index (χ2n) is 4.29. The van der Waals surface area contributed by atoms with Crippen LogP contribution < -0.4 is 4.90 Å². The number of piperidine rings is 1. The maximum absolute atomic E-state index is 10.7. The number of rotatable bonds is 4. The molecular formula is C11H16N2O4. The summed E-state index contributed by atoms with van der Waals surface area (Å²) in [5.41, 5.74) is -0.0655. The standard InChI is InChI=1S/C11H16N2O4/c14-5-3-8-2-1-4-13(6-8)11-12-9(7-17-11)10(15)16/h7-8,14H,1-6H2,(H,15,16). The second kappa shape index (κ2) is 5.18. The number of aromatic carboxylic acids is 1. The molecule has 2 N–H and O–H groups in total. The monoisotopic (exact) mass is 240 g/mol. The van der Waals surface area contributed by atoms with Gasteiger partial charge in [0.25, 0.3) is 6.01 Å². The predicted molar refractivity (Wildman–Crippen MR) is 60.1 cm³/mol. The number of hydrogen-bond donors (Lipinski definition) is 2. The minimum atomic E-state index is -1.08. The van der Waals surface area contributed by atoms with Crippen molar-refractivity contribution in [3.63, 3.8) is 0 Å². The molecule has 0 aliphatic carbocycles.